The summed E-state index contributed by atoms with van der Waals surface area (Å²) in [7, 11) is 3.87. The second-order valence-corrected chi connectivity index (χ2v) is 6.37. The maximum absolute atomic E-state index is 12.2. The number of carbonyl (C=O) groups is 2. The van der Waals surface area contributed by atoms with Crippen molar-refractivity contribution in [3.05, 3.63) is 0 Å². The number of carboxylic acid groups (broad SMARTS) is 1. The molecule has 1 unspecified atom stereocenters. The Kier molecular flexibility index (Phi) is 8.27. The summed E-state index contributed by atoms with van der Waals surface area (Å²) >= 11 is 0. The van der Waals surface area contributed by atoms with Gasteiger partial charge < -0.3 is 25.3 Å². The minimum Gasteiger partial charge on any atom is -0.481 e. The van der Waals surface area contributed by atoms with Crippen LogP contribution in [-0.4, -0.2) is 77.9 Å². The Morgan fingerprint density at radius 1 is 1.24 bits per heavy atom. The summed E-state index contributed by atoms with van der Waals surface area (Å²) in [6, 6.07) is -0.281. The van der Waals surface area contributed by atoms with Crippen LogP contribution in [0.1, 0.15) is 27.2 Å². The smallest absolute Gasteiger partial charge is 0.317 e. The molecule has 0 bridgehead atoms. The van der Waals surface area contributed by atoms with Gasteiger partial charge in [-0.25, -0.2) is 4.79 Å². The van der Waals surface area contributed by atoms with Crippen LogP contribution in [0.2, 0.25) is 0 Å². The van der Waals surface area contributed by atoms with Gasteiger partial charge in [0.05, 0.1) is 12.0 Å². The average Bonchev–Trinajstić information content (AvgIpc) is 2.29. The van der Waals surface area contributed by atoms with E-state index < -0.39 is 18.0 Å². The van der Waals surface area contributed by atoms with E-state index >= 15 is 0 Å². The third-order valence-electron chi connectivity index (χ3n) is 2.84. The standard InChI is InChI=1S/C14H29N3O4/c1-11(2)9-17(7-6-16(4)5)13(20)15-10-14(3,21)8-12(18)19/h11,21H,6-10H2,1-5H3,(H,15,20)(H,18,19). The van der Waals surface area contributed by atoms with Gasteiger partial charge in [0, 0.05) is 26.2 Å². The van der Waals surface area contributed by atoms with E-state index in [0.29, 0.717) is 19.0 Å². The second kappa shape index (κ2) is 8.84. The summed E-state index contributed by atoms with van der Waals surface area (Å²) in [5.41, 5.74) is -1.45. The minimum absolute atomic E-state index is 0.0886. The summed E-state index contributed by atoms with van der Waals surface area (Å²) < 4.78 is 0. The predicted molar refractivity (Wildman–Crippen MR) is 81.2 cm³/mol. The highest BCUT2D eigenvalue weighted by Crippen LogP contribution is 2.08. The van der Waals surface area contributed by atoms with Crippen LogP contribution >= 0.6 is 0 Å². The third kappa shape index (κ3) is 10.1. The van der Waals surface area contributed by atoms with E-state index in [4.69, 9.17) is 5.11 Å². The van der Waals surface area contributed by atoms with E-state index in [0.717, 1.165) is 6.54 Å². The number of amides is 2. The summed E-state index contributed by atoms with van der Waals surface area (Å²) in [5, 5.41) is 21.2. The van der Waals surface area contributed by atoms with Crippen LogP contribution in [0.3, 0.4) is 0 Å². The molecule has 7 heteroatoms. The van der Waals surface area contributed by atoms with Crippen LogP contribution in [0.4, 0.5) is 4.79 Å². The zero-order valence-electron chi connectivity index (χ0n) is 13.7. The van der Waals surface area contributed by atoms with Gasteiger partial charge in [0.15, 0.2) is 0 Å². The number of likely N-dealkylation sites (N-methyl/N-ethyl adjacent to an activating group) is 1. The number of aliphatic carboxylic acids is 1. The fourth-order valence-electron chi connectivity index (χ4n) is 1.80. The van der Waals surface area contributed by atoms with Crippen LogP contribution in [0.5, 0.6) is 0 Å². The van der Waals surface area contributed by atoms with Crippen molar-refractivity contribution in [3.8, 4) is 0 Å². The molecule has 3 N–H and O–H groups in total. The van der Waals surface area contributed by atoms with Crippen molar-refractivity contribution < 1.29 is 19.8 Å². The first-order chi connectivity index (χ1) is 9.53. The van der Waals surface area contributed by atoms with Gasteiger partial charge in [-0.2, -0.15) is 0 Å². The van der Waals surface area contributed by atoms with Crippen molar-refractivity contribution >= 4 is 12.0 Å². The topological polar surface area (TPSA) is 93.1 Å². The molecule has 0 aliphatic rings. The van der Waals surface area contributed by atoms with Gasteiger partial charge in [-0.05, 0) is 26.9 Å². The summed E-state index contributed by atoms with van der Waals surface area (Å²) in [6.45, 7) is 7.29. The Hall–Kier alpha value is -1.34. The number of nitrogens with zero attached hydrogens (tertiary/aromatic N) is 2. The Morgan fingerprint density at radius 2 is 1.81 bits per heavy atom. The van der Waals surface area contributed by atoms with Crippen LogP contribution < -0.4 is 5.32 Å². The molecule has 0 spiro atoms. The third-order valence-corrected chi connectivity index (χ3v) is 2.84. The SMILES string of the molecule is CC(C)CN(CCN(C)C)C(=O)NCC(C)(O)CC(=O)O. The molecule has 2 amide bonds. The molecule has 21 heavy (non-hydrogen) atoms. The number of hydrogen-bond acceptors (Lipinski definition) is 4. The molecule has 0 aromatic rings. The maximum Gasteiger partial charge on any atom is 0.317 e. The van der Waals surface area contributed by atoms with Gasteiger partial charge in [-0.3, -0.25) is 4.79 Å². The van der Waals surface area contributed by atoms with E-state index in [9.17, 15) is 14.7 Å². The molecule has 0 aromatic heterocycles. The fourth-order valence-corrected chi connectivity index (χ4v) is 1.80. The lowest BCUT2D eigenvalue weighted by Gasteiger charge is -2.28. The van der Waals surface area contributed by atoms with E-state index in [1.54, 1.807) is 4.90 Å². The van der Waals surface area contributed by atoms with Crippen molar-refractivity contribution in [2.75, 3.05) is 40.3 Å². The molecule has 0 aromatic carbocycles. The lowest BCUT2D eigenvalue weighted by atomic mass is 10.0. The van der Waals surface area contributed by atoms with E-state index in [2.05, 4.69) is 5.32 Å². The molecule has 0 aliphatic heterocycles. The van der Waals surface area contributed by atoms with Gasteiger partial charge in [0.1, 0.15) is 0 Å². The molecule has 0 aliphatic carbocycles. The highest BCUT2D eigenvalue weighted by molar-refractivity contribution is 5.74. The van der Waals surface area contributed by atoms with Crippen molar-refractivity contribution in [2.45, 2.75) is 32.8 Å². The van der Waals surface area contributed by atoms with Gasteiger partial charge >= 0.3 is 12.0 Å². The summed E-state index contributed by atoms with van der Waals surface area (Å²) in [4.78, 5) is 26.5. The first kappa shape index (κ1) is 19.7. The lowest BCUT2D eigenvalue weighted by molar-refractivity contribution is -0.141. The molecule has 0 rings (SSSR count). The van der Waals surface area contributed by atoms with Crippen LogP contribution in [0, 0.1) is 5.92 Å². The Labute approximate surface area is 126 Å². The molecule has 0 fully saturated rings. The molecule has 1 atom stereocenters. The quantitative estimate of drug-likeness (QED) is 0.575. The van der Waals surface area contributed by atoms with Gasteiger partial charge in [0.2, 0.25) is 0 Å². The van der Waals surface area contributed by atoms with Crippen molar-refractivity contribution in [2.24, 2.45) is 5.92 Å². The first-order valence-corrected chi connectivity index (χ1v) is 7.15. The molecular formula is C14H29N3O4. The van der Waals surface area contributed by atoms with Crippen molar-refractivity contribution in [1.29, 1.82) is 0 Å². The summed E-state index contributed by atoms with van der Waals surface area (Å²) in [5.74, 6) is -0.765. The number of aliphatic hydroxyl groups is 1. The first-order valence-electron chi connectivity index (χ1n) is 7.15. The van der Waals surface area contributed by atoms with E-state index in [1.165, 1.54) is 6.92 Å². The molecule has 124 valence electrons. The number of carbonyl (C=O) groups excluding carboxylic acids is 1. The van der Waals surface area contributed by atoms with E-state index in [-0.39, 0.29) is 12.6 Å². The lowest BCUT2D eigenvalue weighted by Crippen LogP contribution is -2.49. The summed E-state index contributed by atoms with van der Waals surface area (Å²) in [6.07, 6.45) is -0.408. The van der Waals surface area contributed by atoms with Crippen molar-refractivity contribution in [3.63, 3.8) is 0 Å². The average molecular weight is 303 g/mol. The van der Waals surface area contributed by atoms with Gasteiger partial charge in [0.25, 0.3) is 0 Å². The predicted octanol–water partition coefficient (Wildman–Crippen LogP) is 0.441. The maximum atomic E-state index is 12.2. The molecule has 0 radical (unpaired) electrons. The van der Waals surface area contributed by atoms with Gasteiger partial charge in [-0.1, -0.05) is 13.8 Å². The van der Waals surface area contributed by atoms with Gasteiger partial charge in [-0.15, -0.1) is 0 Å². The number of urea groups is 1. The Balaban J connectivity index is 4.48. The number of nitrogens with one attached hydrogen (secondary N) is 1. The highest BCUT2D eigenvalue weighted by atomic mass is 16.4. The van der Waals surface area contributed by atoms with Crippen LogP contribution in [0.25, 0.3) is 0 Å². The fraction of sp³-hybridized carbons (Fsp3) is 0.857. The zero-order chi connectivity index (χ0) is 16.6. The largest absolute Gasteiger partial charge is 0.481 e. The monoisotopic (exact) mass is 303 g/mol. The van der Waals surface area contributed by atoms with Crippen molar-refractivity contribution in [1.82, 2.24) is 15.1 Å². The zero-order valence-corrected chi connectivity index (χ0v) is 13.7. The number of rotatable bonds is 9. The normalized spacial score (nSPS) is 14.1. The highest BCUT2D eigenvalue weighted by Gasteiger charge is 2.26. The Morgan fingerprint density at radius 3 is 2.24 bits per heavy atom. The number of carboxylic acids is 1. The molecule has 0 saturated carbocycles. The minimum atomic E-state index is -1.45. The second-order valence-electron chi connectivity index (χ2n) is 6.37. The molecule has 0 heterocycles. The molecular weight excluding hydrogens is 274 g/mol. The van der Waals surface area contributed by atoms with Crippen LogP contribution in [0.15, 0.2) is 0 Å². The van der Waals surface area contributed by atoms with E-state index in [1.807, 2.05) is 32.8 Å². The number of hydrogen-bond donors (Lipinski definition) is 3. The van der Waals surface area contributed by atoms with Crippen LogP contribution in [-0.2, 0) is 4.79 Å². The molecule has 7 nitrogen and oxygen atoms in total. The molecule has 0 saturated heterocycles. The Bertz CT molecular complexity index is 343.